The molecule has 9 nitrogen and oxygen atoms in total. The van der Waals surface area contributed by atoms with Gasteiger partial charge in [0.1, 0.15) is 22.4 Å². The minimum Gasteiger partial charge on any atom is -0.487 e. The molecule has 1 saturated carbocycles. The van der Waals surface area contributed by atoms with E-state index in [1.165, 1.54) is 59.5 Å². The Morgan fingerprint density at radius 1 is 1.29 bits per heavy atom. The normalized spacial score (nSPS) is 22.2. The van der Waals surface area contributed by atoms with Crippen molar-refractivity contribution in [2.24, 2.45) is 11.8 Å². The summed E-state index contributed by atoms with van der Waals surface area (Å²) in [5, 5.41) is 9.84. The van der Waals surface area contributed by atoms with Gasteiger partial charge in [0.05, 0.1) is 19.3 Å². The lowest BCUT2D eigenvalue weighted by molar-refractivity contribution is 0.0559. The first-order valence-electron chi connectivity index (χ1n) is 13.1. The summed E-state index contributed by atoms with van der Waals surface area (Å²) in [7, 11) is -2.29. The fourth-order valence-corrected chi connectivity index (χ4v) is 6.82. The van der Waals surface area contributed by atoms with Crippen LogP contribution in [0.4, 0.5) is 0 Å². The first-order chi connectivity index (χ1) is 18.2. The standard InChI is InChI=1S/C28H36N4O5S/c1-20-17-32(21(2)19-33)38(35,36)27-12-11-23(10-6-9-22-7-4-5-8-22)15-25(27)37-26(20)18-31(3)28(34)24-16-29-13-14-30-24/h11-16,20-22,26,33H,4-5,7-9,17-19H2,1-3H3/t20-,21+,26+/m1/s1. The van der Waals surface area contributed by atoms with Crippen LogP contribution in [0.15, 0.2) is 41.7 Å². The van der Waals surface area contributed by atoms with Gasteiger partial charge in [-0.25, -0.2) is 13.4 Å². The molecule has 1 N–H and O–H groups in total. The molecule has 3 atom stereocenters. The van der Waals surface area contributed by atoms with Crippen molar-refractivity contribution in [3.05, 3.63) is 48.0 Å². The van der Waals surface area contributed by atoms with Gasteiger partial charge in [-0.1, -0.05) is 31.6 Å². The summed E-state index contributed by atoms with van der Waals surface area (Å²) < 4.78 is 35.0. The zero-order valence-electron chi connectivity index (χ0n) is 22.2. The molecule has 0 unspecified atom stereocenters. The van der Waals surface area contributed by atoms with Crippen molar-refractivity contribution in [2.75, 3.05) is 26.7 Å². The van der Waals surface area contributed by atoms with Crippen molar-refractivity contribution in [3.8, 4) is 17.6 Å². The number of rotatable bonds is 6. The van der Waals surface area contributed by atoms with Crippen molar-refractivity contribution >= 4 is 15.9 Å². The molecule has 2 heterocycles. The molecular formula is C28H36N4O5S. The predicted octanol–water partition coefficient (Wildman–Crippen LogP) is 2.95. The maximum absolute atomic E-state index is 13.7. The van der Waals surface area contributed by atoms with Crippen molar-refractivity contribution in [1.82, 2.24) is 19.2 Å². The zero-order valence-corrected chi connectivity index (χ0v) is 23.0. The highest BCUT2D eigenvalue weighted by molar-refractivity contribution is 7.89. The number of aliphatic hydroxyl groups excluding tert-OH is 1. The maximum Gasteiger partial charge on any atom is 0.273 e. The molecule has 1 amide bonds. The third-order valence-electron chi connectivity index (χ3n) is 7.35. The highest BCUT2D eigenvalue weighted by Crippen LogP contribution is 2.34. The number of ether oxygens (including phenoxy) is 1. The van der Waals surface area contributed by atoms with E-state index in [2.05, 4.69) is 21.8 Å². The number of sulfonamides is 1. The molecule has 0 radical (unpaired) electrons. The minimum atomic E-state index is -3.95. The van der Waals surface area contributed by atoms with Gasteiger partial charge in [0, 0.05) is 49.9 Å². The molecule has 0 saturated heterocycles. The fourth-order valence-electron chi connectivity index (χ4n) is 4.99. The van der Waals surface area contributed by atoms with Crippen LogP contribution in [0.1, 0.15) is 62.0 Å². The Labute approximate surface area is 225 Å². The lowest BCUT2D eigenvalue weighted by Crippen LogP contribution is -2.50. The van der Waals surface area contributed by atoms with Gasteiger partial charge in [-0.2, -0.15) is 4.31 Å². The van der Waals surface area contributed by atoms with Gasteiger partial charge in [0.2, 0.25) is 10.0 Å². The molecule has 2 aromatic rings. The Morgan fingerprint density at radius 2 is 2.05 bits per heavy atom. The van der Waals surface area contributed by atoms with Gasteiger partial charge >= 0.3 is 0 Å². The Bertz CT molecular complexity index is 1290. The van der Waals surface area contributed by atoms with E-state index in [1.807, 2.05) is 6.92 Å². The Hall–Kier alpha value is -3.00. The molecule has 1 aliphatic carbocycles. The molecule has 38 heavy (non-hydrogen) atoms. The smallest absolute Gasteiger partial charge is 0.273 e. The number of hydrogen-bond acceptors (Lipinski definition) is 7. The second kappa shape index (κ2) is 12.2. The monoisotopic (exact) mass is 540 g/mol. The third-order valence-corrected chi connectivity index (χ3v) is 9.37. The van der Waals surface area contributed by atoms with Crippen LogP contribution in [0.25, 0.3) is 0 Å². The second-order valence-electron chi connectivity index (χ2n) is 10.3. The molecule has 1 aliphatic heterocycles. The number of carbonyl (C=O) groups is 1. The van der Waals surface area contributed by atoms with E-state index in [0.29, 0.717) is 11.5 Å². The van der Waals surface area contributed by atoms with E-state index in [1.54, 1.807) is 26.1 Å². The second-order valence-corrected chi connectivity index (χ2v) is 12.2. The number of fused-ring (bicyclic) bond motifs is 1. The third kappa shape index (κ3) is 6.34. The number of benzene rings is 1. The largest absolute Gasteiger partial charge is 0.487 e. The molecule has 10 heteroatoms. The van der Waals surface area contributed by atoms with Gasteiger partial charge in [0.25, 0.3) is 5.91 Å². The minimum absolute atomic E-state index is 0.0268. The summed E-state index contributed by atoms with van der Waals surface area (Å²) in [6, 6.07) is 4.28. The van der Waals surface area contributed by atoms with E-state index in [4.69, 9.17) is 4.74 Å². The molecule has 204 valence electrons. The van der Waals surface area contributed by atoms with Gasteiger partial charge in [0.15, 0.2) is 0 Å². The number of aromatic nitrogens is 2. The van der Waals surface area contributed by atoms with Gasteiger partial charge in [-0.15, -0.1) is 0 Å². The number of carbonyl (C=O) groups excluding carboxylic acids is 1. The van der Waals surface area contributed by atoms with Gasteiger partial charge in [-0.05, 0) is 43.9 Å². The van der Waals surface area contributed by atoms with Crippen LogP contribution in [0.5, 0.6) is 5.75 Å². The van der Waals surface area contributed by atoms with Crippen LogP contribution in [0.2, 0.25) is 0 Å². The fraction of sp³-hybridized carbons (Fsp3) is 0.536. The van der Waals surface area contributed by atoms with E-state index >= 15 is 0 Å². The molecule has 0 bridgehead atoms. The Balaban J connectivity index is 1.66. The molecule has 1 aromatic carbocycles. The summed E-state index contributed by atoms with van der Waals surface area (Å²) in [5.74, 6) is 6.66. The molecule has 1 fully saturated rings. The SMILES string of the molecule is C[C@@H]1CN([C@@H](C)CO)S(=O)(=O)c2ccc(C#CCC3CCCC3)cc2O[C@H]1CN(C)C(=O)c1cnccn1. The molecule has 1 aromatic heterocycles. The lowest BCUT2D eigenvalue weighted by atomic mass is 10.0. The van der Waals surface area contributed by atoms with Crippen LogP contribution < -0.4 is 4.74 Å². The summed E-state index contributed by atoms with van der Waals surface area (Å²) in [4.78, 5) is 22.5. The number of aliphatic hydroxyl groups is 1. The maximum atomic E-state index is 13.7. The first-order valence-corrected chi connectivity index (χ1v) is 14.6. The molecule has 4 rings (SSSR count). The highest BCUT2D eigenvalue weighted by Gasteiger charge is 2.38. The number of nitrogens with zero attached hydrogens (tertiary/aromatic N) is 4. The van der Waals surface area contributed by atoms with Crippen molar-refractivity contribution < 1.29 is 23.1 Å². The van der Waals surface area contributed by atoms with E-state index in [-0.39, 0.29) is 47.9 Å². The number of amides is 1. The van der Waals surface area contributed by atoms with Crippen molar-refractivity contribution in [2.45, 2.75) is 63.0 Å². The van der Waals surface area contributed by atoms with E-state index in [0.717, 1.165) is 6.42 Å². The van der Waals surface area contributed by atoms with E-state index in [9.17, 15) is 18.3 Å². The summed E-state index contributed by atoms with van der Waals surface area (Å²) in [6.07, 6.45) is 9.60. The van der Waals surface area contributed by atoms with Gasteiger partial charge in [-0.3, -0.25) is 9.78 Å². The Morgan fingerprint density at radius 3 is 2.74 bits per heavy atom. The molecular weight excluding hydrogens is 504 g/mol. The van der Waals surface area contributed by atoms with E-state index < -0.39 is 22.2 Å². The Kier molecular flexibility index (Phi) is 9.03. The lowest BCUT2D eigenvalue weighted by Gasteiger charge is -2.37. The number of likely N-dealkylation sites (N-methyl/N-ethyl adjacent to an activating group) is 1. The van der Waals surface area contributed by atoms with Crippen molar-refractivity contribution in [1.29, 1.82) is 0 Å². The predicted molar refractivity (Wildman–Crippen MR) is 143 cm³/mol. The average molecular weight is 541 g/mol. The zero-order chi connectivity index (χ0) is 27.3. The highest BCUT2D eigenvalue weighted by atomic mass is 32.2. The van der Waals surface area contributed by atoms with Crippen LogP contribution in [-0.4, -0.2) is 77.5 Å². The summed E-state index contributed by atoms with van der Waals surface area (Å²) >= 11 is 0. The quantitative estimate of drug-likeness (QED) is 0.561. The topological polar surface area (TPSA) is 113 Å². The van der Waals surface area contributed by atoms with Gasteiger partial charge < -0.3 is 14.7 Å². The van der Waals surface area contributed by atoms with Crippen LogP contribution in [0, 0.1) is 23.7 Å². The summed E-state index contributed by atoms with van der Waals surface area (Å²) in [6.45, 7) is 3.57. The van der Waals surface area contributed by atoms with Crippen molar-refractivity contribution in [3.63, 3.8) is 0 Å². The van der Waals surface area contributed by atoms with Crippen LogP contribution in [-0.2, 0) is 10.0 Å². The van der Waals surface area contributed by atoms with Crippen LogP contribution in [0.3, 0.4) is 0 Å². The first kappa shape index (κ1) is 28.0. The van der Waals surface area contributed by atoms with Crippen LogP contribution >= 0.6 is 0 Å². The average Bonchev–Trinajstić information content (AvgIpc) is 3.43. The summed E-state index contributed by atoms with van der Waals surface area (Å²) in [5.41, 5.74) is 0.890. The number of hydrogen-bond donors (Lipinski definition) is 1. The molecule has 2 aliphatic rings. The molecule has 0 spiro atoms.